The molecule has 0 atom stereocenters. The first-order valence-corrected chi connectivity index (χ1v) is 8.63. The molecule has 0 aliphatic carbocycles. The van der Waals surface area contributed by atoms with Crippen LogP contribution in [-0.2, 0) is 16.6 Å². The molecule has 0 saturated heterocycles. The van der Waals surface area contributed by atoms with Gasteiger partial charge in [0.15, 0.2) is 0 Å². The molecule has 0 spiro atoms. The summed E-state index contributed by atoms with van der Waals surface area (Å²) >= 11 is 0. The Morgan fingerprint density at radius 1 is 1.33 bits per heavy atom. The lowest BCUT2D eigenvalue weighted by molar-refractivity contribution is 0.405. The van der Waals surface area contributed by atoms with Gasteiger partial charge in [-0.3, -0.25) is 0 Å². The second-order valence-electron chi connectivity index (χ2n) is 5.34. The van der Waals surface area contributed by atoms with Crippen LogP contribution in [-0.4, -0.2) is 39.5 Å². The Hall–Kier alpha value is -1.11. The van der Waals surface area contributed by atoms with E-state index in [-0.39, 0.29) is 0 Å². The zero-order chi connectivity index (χ0) is 16.0. The maximum Gasteiger partial charge on any atom is 0.242 e. The summed E-state index contributed by atoms with van der Waals surface area (Å²) in [6.07, 6.45) is 0.785. The van der Waals surface area contributed by atoms with E-state index in [1.54, 1.807) is 32.4 Å². The third kappa shape index (κ3) is 4.69. The Kier molecular flexibility index (Phi) is 6.64. The predicted molar refractivity (Wildman–Crippen MR) is 85.1 cm³/mol. The van der Waals surface area contributed by atoms with Crippen molar-refractivity contribution in [1.29, 1.82) is 0 Å². The lowest BCUT2D eigenvalue weighted by atomic mass is 10.2. The molecule has 1 N–H and O–H groups in total. The quantitative estimate of drug-likeness (QED) is 0.799. The molecule has 0 heterocycles. The Morgan fingerprint density at radius 3 is 2.52 bits per heavy atom. The van der Waals surface area contributed by atoms with Crippen LogP contribution in [0.5, 0.6) is 5.75 Å². The average molecular weight is 314 g/mol. The van der Waals surface area contributed by atoms with Gasteiger partial charge in [-0.25, -0.2) is 12.7 Å². The normalized spacial score (nSPS) is 12.1. The van der Waals surface area contributed by atoms with Crippen molar-refractivity contribution in [1.82, 2.24) is 9.62 Å². The molecule has 0 fully saturated rings. The van der Waals surface area contributed by atoms with Crippen LogP contribution in [0, 0.1) is 0 Å². The molecule has 120 valence electrons. The van der Waals surface area contributed by atoms with E-state index in [1.165, 1.54) is 4.31 Å². The van der Waals surface area contributed by atoms with E-state index in [4.69, 9.17) is 4.74 Å². The first-order valence-electron chi connectivity index (χ1n) is 7.19. The summed E-state index contributed by atoms with van der Waals surface area (Å²) in [7, 11) is -0.242. The van der Waals surface area contributed by atoms with E-state index in [0.717, 1.165) is 12.0 Å². The van der Waals surface area contributed by atoms with E-state index in [2.05, 4.69) is 5.32 Å². The van der Waals surface area contributed by atoms with Gasteiger partial charge in [0.2, 0.25) is 10.0 Å². The minimum Gasteiger partial charge on any atom is -0.496 e. The number of sulfonamides is 1. The smallest absolute Gasteiger partial charge is 0.242 e. The van der Waals surface area contributed by atoms with Crippen LogP contribution < -0.4 is 10.1 Å². The third-order valence-corrected chi connectivity index (χ3v) is 5.05. The summed E-state index contributed by atoms with van der Waals surface area (Å²) in [6.45, 7) is 7.12. The fourth-order valence-corrected chi connectivity index (χ4v) is 3.30. The summed E-state index contributed by atoms with van der Waals surface area (Å²) < 4.78 is 31.6. The zero-order valence-electron chi connectivity index (χ0n) is 13.5. The standard InChI is InChI=1S/C15H26N2O3S/c1-6-9-17(4)21(18,19)14-7-8-15(20-5)13(10-14)11-16-12(2)3/h7-8,10,12,16H,6,9,11H2,1-5H3. The highest BCUT2D eigenvalue weighted by molar-refractivity contribution is 7.89. The average Bonchev–Trinajstić information content (AvgIpc) is 2.44. The van der Waals surface area contributed by atoms with Crippen molar-refractivity contribution in [2.75, 3.05) is 20.7 Å². The Labute approximate surface area is 128 Å². The van der Waals surface area contributed by atoms with Gasteiger partial charge >= 0.3 is 0 Å². The number of ether oxygens (including phenoxy) is 1. The van der Waals surface area contributed by atoms with E-state index in [0.29, 0.717) is 29.8 Å². The summed E-state index contributed by atoms with van der Waals surface area (Å²) in [5.74, 6) is 0.695. The predicted octanol–water partition coefficient (Wildman–Crippen LogP) is 2.22. The van der Waals surface area contributed by atoms with Gasteiger partial charge in [0.05, 0.1) is 12.0 Å². The van der Waals surface area contributed by atoms with Crippen molar-refractivity contribution in [3.05, 3.63) is 23.8 Å². The number of benzene rings is 1. The van der Waals surface area contributed by atoms with E-state index < -0.39 is 10.0 Å². The minimum absolute atomic E-state index is 0.305. The number of nitrogens with zero attached hydrogens (tertiary/aromatic N) is 1. The van der Waals surface area contributed by atoms with Crippen LogP contribution in [0.3, 0.4) is 0 Å². The number of hydrogen-bond donors (Lipinski definition) is 1. The largest absolute Gasteiger partial charge is 0.496 e. The van der Waals surface area contributed by atoms with E-state index >= 15 is 0 Å². The lowest BCUT2D eigenvalue weighted by Gasteiger charge is -2.18. The maximum atomic E-state index is 12.5. The molecule has 0 aromatic heterocycles. The fourth-order valence-electron chi connectivity index (χ4n) is 1.98. The molecule has 1 aromatic carbocycles. The Bertz CT molecular complexity index is 556. The first-order chi connectivity index (χ1) is 9.82. The molecule has 5 nitrogen and oxygen atoms in total. The van der Waals surface area contributed by atoms with Crippen LogP contribution in [0.1, 0.15) is 32.8 Å². The summed E-state index contributed by atoms with van der Waals surface area (Å²) in [5, 5.41) is 3.28. The third-order valence-electron chi connectivity index (χ3n) is 3.20. The summed E-state index contributed by atoms with van der Waals surface area (Å²) in [5.41, 5.74) is 0.845. The van der Waals surface area contributed by atoms with Crippen molar-refractivity contribution >= 4 is 10.0 Å². The maximum absolute atomic E-state index is 12.5. The van der Waals surface area contributed by atoms with Gasteiger partial charge in [0, 0.05) is 31.7 Å². The molecule has 1 aromatic rings. The molecule has 0 saturated carbocycles. The molecular formula is C15H26N2O3S. The van der Waals surface area contributed by atoms with Crippen molar-refractivity contribution < 1.29 is 13.2 Å². The highest BCUT2D eigenvalue weighted by Crippen LogP contribution is 2.24. The van der Waals surface area contributed by atoms with E-state index in [1.807, 2.05) is 20.8 Å². The minimum atomic E-state index is -3.44. The molecular weight excluding hydrogens is 288 g/mol. The molecule has 21 heavy (non-hydrogen) atoms. The molecule has 0 bridgehead atoms. The number of nitrogens with one attached hydrogen (secondary N) is 1. The highest BCUT2D eigenvalue weighted by Gasteiger charge is 2.21. The van der Waals surface area contributed by atoms with Crippen LogP contribution in [0.2, 0.25) is 0 Å². The second kappa shape index (κ2) is 7.77. The van der Waals surface area contributed by atoms with Gasteiger partial charge in [-0.2, -0.15) is 0 Å². The zero-order valence-corrected chi connectivity index (χ0v) is 14.3. The van der Waals surface area contributed by atoms with Gasteiger partial charge in [0.1, 0.15) is 5.75 Å². The van der Waals surface area contributed by atoms with Crippen molar-refractivity contribution in [2.45, 2.75) is 44.7 Å². The molecule has 0 radical (unpaired) electrons. The SMILES string of the molecule is CCCN(C)S(=O)(=O)c1ccc(OC)c(CNC(C)C)c1. The molecule has 1 rings (SSSR count). The molecule has 0 aliphatic rings. The van der Waals surface area contributed by atoms with Crippen LogP contribution in [0.15, 0.2) is 23.1 Å². The summed E-state index contributed by atoms with van der Waals surface area (Å²) in [6, 6.07) is 5.32. The number of methoxy groups -OCH3 is 1. The van der Waals surface area contributed by atoms with Crippen molar-refractivity contribution in [3.8, 4) is 5.75 Å². The topological polar surface area (TPSA) is 58.6 Å². The summed E-state index contributed by atoms with van der Waals surface area (Å²) in [4.78, 5) is 0.305. The fraction of sp³-hybridized carbons (Fsp3) is 0.600. The molecule has 0 unspecified atom stereocenters. The lowest BCUT2D eigenvalue weighted by Crippen LogP contribution is -2.28. The van der Waals surface area contributed by atoms with Crippen LogP contribution >= 0.6 is 0 Å². The molecule has 0 aliphatic heterocycles. The van der Waals surface area contributed by atoms with Gasteiger partial charge in [-0.05, 0) is 24.6 Å². The number of hydrogen-bond acceptors (Lipinski definition) is 4. The van der Waals surface area contributed by atoms with Gasteiger partial charge in [-0.15, -0.1) is 0 Å². The number of rotatable bonds is 8. The molecule has 0 amide bonds. The Balaban J connectivity index is 3.12. The van der Waals surface area contributed by atoms with Crippen molar-refractivity contribution in [3.63, 3.8) is 0 Å². The van der Waals surface area contributed by atoms with Gasteiger partial charge < -0.3 is 10.1 Å². The van der Waals surface area contributed by atoms with Gasteiger partial charge in [-0.1, -0.05) is 20.8 Å². The van der Waals surface area contributed by atoms with Crippen LogP contribution in [0.4, 0.5) is 0 Å². The Morgan fingerprint density at radius 2 is 2.00 bits per heavy atom. The van der Waals surface area contributed by atoms with Gasteiger partial charge in [0.25, 0.3) is 0 Å². The monoisotopic (exact) mass is 314 g/mol. The second-order valence-corrected chi connectivity index (χ2v) is 7.38. The highest BCUT2D eigenvalue weighted by atomic mass is 32.2. The van der Waals surface area contributed by atoms with Crippen molar-refractivity contribution in [2.24, 2.45) is 0 Å². The van der Waals surface area contributed by atoms with Crippen LogP contribution in [0.25, 0.3) is 0 Å². The van der Waals surface area contributed by atoms with E-state index in [9.17, 15) is 8.42 Å². The first kappa shape index (κ1) is 17.9. The molecule has 6 heteroatoms.